The number of halogens is 3. The average molecular weight is 437 g/mol. The highest BCUT2D eigenvalue weighted by Crippen LogP contribution is 2.29. The predicted octanol–water partition coefficient (Wildman–Crippen LogP) is 3.64. The van der Waals surface area contributed by atoms with E-state index in [2.05, 4.69) is 21.1 Å². The van der Waals surface area contributed by atoms with Crippen molar-refractivity contribution in [1.29, 1.82) is 5.26 Å². The zero-order valence-corrected chi connectivity index (χ0v) is 17.2. The highest BCUT2D eigenvalue weighted by Gasteiger charge is 2.28. The van der Waals surface area contributed by atoms with Gasteiger partial charge in [-0.25, -0.2) is 9.50 Å². The number of hydrogen-bond acceptors (Lipinski definition) is 5. The second-order valence-corrected chi connectivity index (χ2v) is 8.10. The van der Waals surface area contributed by atoms with Gasteiger partial charge in [-0.1, -0.05) is 40.9 Å². The smallest absolute Gasteiger partial charge is 0.175 e. The molecule has 0 aliphatic carbocycles. The molecule has 4 rings (SSSR count). The maximum atomic E-state index is 9.65. The van der Waals surface area contributed by atoms with Crippen molar-refractivity contribution >= 4 is 40.4 Å². The van der Waals surface area contributed by atoms with Crippen LogP contribution in [0, 0.1) is 18.3 Å². The average Bonchev–Trinajstić information content (AvgIpc) is 2.93. The van der Waals surface area contributed by atoms with Gasteiger partial charge in [0.25, 0.3) is 0 Å². The summed E-state index contributed by atoms with van der Waals surface area (Å²) in [6, 6.07) is 7.48. The van der Waals surface area contributed by atoms with Gasteiger partial charge in [0.2, 0.25) is 0 Å². The Balaban J connectivity index is 1.86. The summed E-state index contributed by atoms with van der Waals surface area (Å²) >= 11 is 18.6. The van der Waals surface area contributed by atoms with E-state index in [1.54, 1.807) is 16.6 Å². The number of aromatic nitrogens is 3. The first-order chi connectivity index (χ1) is 13.4. The van der Waals surface area contributed by atoms with Gasteiger partial charge in [-0.3, -0.25) is 4.90 Å². The van der Waals surface area contributed by atoms with Crippen molar-refractivity contribution in [3.05, 3.63) is 61.5 Å². The Bertz CT molecular complexity index is 1120. The Morgan fingerprint density at radius 2 is 2.04 bits per heavy atom. The molecule has 0 unspecified atom stereocenters. The summed E-state index contributed by atoms with van der Waals surface area (Å²) in [5.74, 6) is 0. The molecule has 1 aromatic carbocycles. The molecule has 144 valence electrons. The van der Waals surface area contributed by atoms with E-state index in [1.807, 2.05) is 13.0 Å². The van der Waals surface area contributed by atoms with Crippen molar-refractivity contribution in [1.82, 2.24) is 19.5 Å². The van der Waals surface area contributed by atoms with Gasteiger partial charge < -0.3 is 5.11 Å². The number of nitriles is 1. The predicted molar refractivity (Wildman–Crippen MR) is 108 cm³/mol. The van der Waals surface area contributed by atoms with E-state index in [0.29, 0.717) is 41.7 Å². The highest BCUT2D eigenvalue weighted by atomic mass is 35.5. The topological polar surface area (TPSA) is 77.5 Å². The summed E-state index contributed by atoms with van der Waals surface area (Å²) in [6.45, 7) is 3.63. The largest absolute Gasteiger partial charge is 0.390 e. The number of nitrogens with zero attached hydrogens (tertiary/aromatic N) is 5. The van der Waals surface area contributed by atoms with Crippen LogP contribution in [0.25, 0.3) is 5.65 Å². The van der Waals surface area contributed by atoms with Gasteiger partial charge in [-0.15, -0.1) is 0 Å². The van der Waals surface area contributed by atoms with Gasteiger partial charge in [-0.05, 0) is 24.6 Å². The standard InChI is InChI=1S/C19H16Cl3N5O/c1-10-14(4-11-2-3-12(20)5-16(11)21)17(9-26-7-13(28)8-26)27-19(24-10)15(6-23)18(22)25-27/h2-3,5,13,28H,4,7-9H2,1H3. The minimum absolute atomic E-state index is 0.126. The molecule has 1 aliphatic rings. The van der Waals surface area contributed by atoms with Gasteiger partial charge in [0, 0.05) is 47.4 Å². The monoisotopic (exact) mass is 435 g/mol. The van der Waals surface area contributed by atoms with Crippen LogP contribution in [0.4, 0.5) is 0 Å². The lowest BCUT2D eigenvalue weighted by Crippen LogP contribution is -2.50. The van der Waals surface area contributed by atoms with Gasteiger partial charge in [0.1, 0.15) is 11.6 Å². The van der Waals surface area contributed by atoms with Crippen molar-refractivity contribution in [2.75, 3.05) is 13.1 Å². The van der Waals surface area contributed by atoms with Gasteiger partial charge in [0.05, 0.1) is 11.8 Å². The van der Waals surface area contributed by atoms with Crippen LogP contribution < -0.4 is 0 Å². The third kappa shape index (κ3) is 3.45. The molecule has 2 aromatic heterocycles. The van der Waals surface area contributed by atoms with Crippen LogP contribution in [0.2, 0.25) is 15.2 Å². The number of fused-ring (bicyclic) bond motifs is 1. The molecule has 0 spiro atoms. The fourth-order valence-electron chi connectivity index (χ4n) is 3.47. The summed E-state index contributed by atoms with van der Waals surface area (Å²) in [7, 11) is 0. The van der Waals surface area contributed by atoms with Gasteiger partial charge in [-0.2, -0.15) is 10.4 Å². The maximum absolute atomic E-state index is 9.65. The quantitative estimate of drug-likeness (QED) is 0.676. The van der Waals surface area contributed by atoms with Crippen LogP contribution in [0.1, 0.15) is 28.1 Å². The lowest BCUT2D eigenvalue weighted by atomic mass is 10.0. The molecule has 0 amide bonds. The number of hydrogen-bond donors (Lipinski definition) is 1. The van der Waals surface area contributed by atoms with Crippen LogP contribution in [0.3, 0.4) is 0 Å². The first-order valence-electron chi connectivity index (χ1n) is 8.68. The fourth-order valence-corrected chi connectivity index (χ4v) is 4.14. The van der Waals surface area contributed by atoms with Crippen LogP contribution in [0.15, 0.2) is 18.2 Å². The van der Waals surface area contributed by atoms with Crippen LogP contribution >= 0.6 is 34.8 Å². The van der Waals surface area contributed by atoms with Gasteiger partial charge >= 0.3 is 0 Å². The lowest BCUT2D eigenvalue weighted by molar-refractivity contribution is -0.00404. The van der Waals surface area contributed by atoms with Crippen molar-refractivity contribution in [2.24, 2.45) is 0 Å². The van der Waals surface area contributed by atoms with Crippen molar-refractivity contribution in [3.63, 3.8) is 0 Å². The highest BCUT2D eigenvalue weighted by molar-refractivity contribution is 6.35. The summed E-state index contributed by atoms with van der Waals surface area (Å²) in [5.41, 5.74) is 4.23. The Morgan fingerprint density at radius 1 is 1.29 bits per heavy atom. The Labute approximate surface area is 176 Å². The Hall–Kier alpha value is -1.88. The van der Waals surface area contributed by atoms with Crippen molar-refractivity contribution in [3.8, 4) is 6.07 Å². The first-order valence-corrected chi connectivity index (χ1v) is 9.81. The summed E-state index contributed by atoms with van der Waals surface area (Å²) in [5, 5.41) is 24.7. The van der Waals surface area contributed by atoms with E-state index in [-0.39, 0.29) is 16.8 Å². The molecule has 6 nitrogen and oxygen atoms in total. The minimum atomic E-state index is -0.316. The number of likely N-dealkylation sites (tertiary alicyclic amines) is 1. The van der Waals surface area contributed by atoms with E-state index in [1.165, 1.54) is 0 Å². The van der Waals surface area contributed by atoms with Crippen LogP contribution in [0.5, 0.6) is 0 Å². The maximum Gasteiger partial charge on any atom is 0.175 e. The third-order valence-electron chi connectivity index (χ3n) is 4.94. The molecular formula is C19H16Cl3N5O. The number of benzene rings is 1. The van der Waals surface area contributed by atoms with E-state index < -0.39 is 0 Å². The SMILES string of the molecule is Cc1nc2c(C#N)c(Cl)nn2c(CN2CC(O)C2)c1Cc1ccc(Cl)cc1Cl. The normalized spacial score (nSPS) is 15.0. The molecule has 9 heteroatoms. The molecule has 0 saturated carbocycles. The molecule has 1 fully saturated rings. The second-order valence-electron chi connectivity index (χ2n) is 6.90. The molecule has 28 heavy (non-hydrogen) atoms. The summed E-state index contributed by atoms with van der Waals surface area (Å²) < 4.78 is 1.64. The van der Waals surface area contributed by atoms with Crippen molar-refractivity contribution in [2.45, 2.75) is 26.0 Å². The number of β-amino-alcohol motifs (C(OH)–C–C–N with tert-alkyl or cyclic N) is 1. The number of aliphatic hydroxyl groups excluding tert-OH is 1. The van der Waals surface area contributed by atoms with Crippen LogP contribution in [-0.2, 0) is 13.0 Å². The molecule has 1 aliphatic heterocycles. The van der Waals surface area contributed by atoms with E-state index >= 15 is 0 Å². The Kier molecular flexibility index (Phi) is 5.21. The minimum Gasteiger partial charge on any atom is -0.390 e. The number of aryl methyl sites for hydroxylation is 1. The second kappa shape index (κ2) is 7.51. The molecule has 3 heterocycles. The molecule has 1 saturated heterocycles. The van der Waals surface area contributed by atoms with Crippen molar-refractivity contribution < 1.29 is 5.11 Å². The number of rotatable bonds is 4. The molecule has 1 N–H and O–H groups in total. The molecule has 0 radical (unpaired) electrons. The Morgan fingerprint density at radius 3 is 2.68 bits per heavy atom. The summed E-state index contributed by atoms with van der Waals surface area (Å²) in [4.78, 5) is 6.70. The zero-order valence-electron chi connectivity index (χ0n) is 15.0. The fraction of sp³-hybridized carbons (Fsp3) is 0.316. The third-order valence-corrected chi connectivity index (χ3v) is 5.79. The van der Waals surface area contributed by atoms with Crippen LogP contribution in [-0.4, -0.2) is 43.8 Å². The molecule has 0 atom stereocenters. The summed E-state index contributed by atoms with van der Waals surface area (Å²) in [6.07, 6.45) is 0.221. The zero-order chi connectivity index (χ0) is 20.0. The lowest BCUT2D eigenvalue weighted by Gasteiger charge is -2.36. The van der Waals surface area contributed by atoms with Gasteiger partial charge in [0.15, 0.2) is 10.8 Å². The van der Waals surface area contributed by atoms with E-state index in [0.717, 1.165) is 22.5 Å². The first kappa shape index (κ1) is 19.4. The molecule has 3 aromatic rings. The van der Waals surface area contributed by atoms with E-state index in [4.69, 9.17) is 34.8 Å². The molecule has 0 bridgehead atoms. The van der Waals surface area contributed by atoms with E-state index in [9.17, 15) is 10.4 Å². The number of aliphatic hydroxyl groups is 1. The molecular weight excluding hydrogens is 421 g/mol.